The number of hydrogen-bond donors (Lipinski definition) is 1. The van der Waals surface area contributed by atoms with Crippen molar-refractivity contribution >= 4 is 0 Å². The van der Waals surface area contributed by atoms with Gasteiger partial charge in [0.15, 0.2) is 0 Å². The highest BCUT2D eigenvalue weighted by atomic mass is 19.1. The maximum atomic E-state index is 13.2. The molecule has 0 aliphatic rings. The molecule has 2 heteroatoms. The Hall–Kier alpha value is -0.890. The van der Waals surface area contributed by atoms with Crippen LogP contribution in [0.1, 0.15) is 45.1 Å². The van der Waals surface area contributed by atoms with Gasteiger partial charge in [-0.1, -0.05) is 39.3 Å². The van der Waals surface area contributed by atoms with Crippen molar-refractivity contribution in [1.29, 1.82) is 0 Å². The lowest BCUT2D eigenvalue weighted by Gasteiger charge is -2.21. The number of nitrogens with one attached hydrogen (secondary N) is 1. The fraction of sp³-hybridized carbons (Fsp3) is 0.600. The Morgan fingerprint density at radius 1 is 1.29 bits per heavy atom. The first-order valence-corrected chi connectivity index (χ1v) is 6.63. The van der Waals surface area contributed by atoms with Crippen LogP contribution in [-0.4, -0.2) is 13.1 Å². The van der Waals surface area contributed by atoms with Gasteiger partial charge in [-0.05, 0) is 42.5 Å². The van der Waals surface area contributed by atoms with E-state index in [9.17, 15) is 4.39 Å². The van der Waals surface area contributed by atoms with E-state index in [1.807, 2.05) is 6.07 Å². The van der Waals surface area contributed by atoms with E-state index in [4.69, 9.17) is 0 Å². The smallest absolute Gasteiger partial charge is 0.123 e. The summed E-state index contributed by atoms with van der Waals surface area (Å²) < 4.78 is 13.2. The van der Waals surface area contributed by atoms with Crippen LogP contribution in [0.5, 0.6) is 0 Å². The van der Waals surface area contributed by atoms with Crippen molar-refractivity contribution < 1.29 is 4.39 Å². The molecule has 0 saturated carbocycles. The molecule has 0 amide bonds. The number of likely N-dealkylation sites (N-methyl/N-ethyl adjacent to an activating group) is 1. The van der Waals surface area contributed by atoms with Gasteiger partial charge in [0.05, 0.1) is 0 Å². The molecule has 2 unspecified atom stereocenters. The van der Waals surface area contributed by atoms with Crippen LogP contribution in [-0.2, 0) is 0 Å². The maximum absolute atomic E-state index is 13.2. The summed E-state index contributed by atoms with van der Waals surface area (Å²) in [5, 5.41) is 3.37. The lowest BCUT2D eigenvalue weighted by Crippen LogP contribution is -2.22. The van der Waals surface area contributed by atoms with Gasteiger partial charge >= 0.3 is 0 Å². The van der Waals surface area contributed by atoms with Crippen molar-refractivity contribution in [3.05, 3.63) is 35.6 Å². The second-order valence-electron chi connectivity index (χ2n) is 4.81. The molecule has 0 saturated heterocycles. The Kier molecular flexibility index (Phi) is 6.20. The van der Waals surface area contributed by atoms with Crippen LogP contribution in [0.15, 0.2) is 24.3 Å². The minimum atomic E-state index is -0.131. The van der Waals surface area contributed by atoms with E-state index in [0.29, 0.717) is 11.8 Å². The zero-order valence-electron chi connectivity index (χ0n) is 11.2. The first-order chi connectivity index (χ1) is 8.17. The van der Waals surface area contributed by atoms with Crippen molar-refractivity contribution in [2.24, 2.45) is 5.92 Å². The first kappa shape index (κ1) is 14.2. The molecule has 1 rings (SSSR count). The Bertz CT molecular complexity index is 324. The Morgan fingerprint density at radius 3 is 2.65 bits per heavy atom. The Labute approximate surface area is 104 Å². The fourth-order valence-corrected chi connectivity index (χ4v) is 2.07. The molecule has 0 heterocycles. The number of hydrogen-bond acceptors (Lipinski definition) is 1. The van der Waals surface area contributed by atoms with E-state index in [-0.39, 0.29) is 5.82 Å². The third kappa shape index (κ3) is 4.86. The van der Waals surface area contributed by atoms with E-state index in [1.54, 1.807) is 12.1 Å². The van der Waals surface area contributed by atoms with Crippen LogP contribution in [0.4, 0.5) is 4.39 Å². The number of halogens is 1. The van der Waals surface area contributed by atoms with Gasteiger partial charge in [-0.3, -0.25) is 0 Å². The predicted octanol–water partition coefficient (Wildman–Crippen LogP) is 3.96. The summed E-state index contributed by atoms with van der Waals surface area (Å²) in [6.45, 7) is 8.47. The van der Waals surface area contributed by atoms with Gasteiger partial charge in [0.1, 0.15) is 5.82 Å². The molecular formula is C15H24FN. The third-order valence-corrected chi connectivity index (χ3v) is 3.34. The van der Waals surface area contributed by atoms with Gasteiger partial charge in [-0.15, -0.1) is 0 Å². The SMILES string of the molecule is CCNCC(CC(C)CC)c1cccc(F)c1. The number of benzene rings is 1. The van der Waals surface area contributed by atoms with E-state index in [1.165, 1.54) is 12.5 Å². The summed E-state index contributed by atoms with van der Waals surface area (Å²) in [5.74, 6) is 0.968. The molecule has 1 nitrogen and oxygen atoms in total. The van der Waals surface area contributed by atoms with Crippen LogP contribution in [0, 0.1) is 11.7 Å². The topological polar surface area (TPSA) is 12.0 Å². The largest absolute Gasteiger partial charge is 0.316 e. The molecule has 0 bridgehead atoms. The van der Waals surface area contributed by atoms with Crippen molar-refractivity contribution in [1.82, 2.24) is 5.32 Å². The Balaban J connectivity index is 2.74. The van der Waals surface area contributed by atoms with Crippen LogP contribution >= 0.6 is 0 Å². The minimum Gasteiger partial charge on any atom is -0.316 e. The maximum Gasteiger partial charge on any atom is 0.123 e. The zero-order chi connectivity index (χ0) is 12.7. The molecule has 1 N–H and O–H groups in total. The summed E-state index contributed by atoms with van der Waals surface area (Å²) in [7, 11) is 0. The molecule has 0 aliphatic heterocycles. The van der Waals surface area contributed by atoms with Gasteiger partial charge in [0.2, 0.25) is 0 Å². The molecular weight excluding hydrogens is 213 g/mol. The summed E-state index contributed by atoms with van der Waals surface area (Å²) >= 11 is 0. The molecule has 1 aromatic carbocycles. The van der Waals surface area contributed by atoms with E-state index in [0.717, 1.165) is 25.1 Å². The van der Waals surface area contributed by atoms with Gasteiger partial charge in [-0.25, -0.2) is 4.39 Å². The van der Waals surface area contributed by atoms with Crippen LogP contribution in [0.3, 0.4) is 0 Å². The second kappa shape index (κ2) is 7.44. The summed E-state index contributed by atoms with van der Waals surface area (Å²) in [6.07, 6.45) is 2.30. The van der Waals surface area contributed by atoms with Crippen molar-refractivity contribution in [2.75, 3.05) is 13.1 Å². The normalized spacial score (nSPS) is 14.6. The van der Waals surface area contributed by atoms with Gasteiger partial charge < -0.3 is 5.32 Å². The molecule has 0 aliphatic carbocycles. The lowest BCUT2D eigenvalue weighted by molar-refractivity contribution is 0.437. The molecule has 0 radical (unpaired) electrons. The first-order valence-electron chi connectivity index (χ1n) is 6.63. The van der Waals surface area contributed by atoms with E-state index >= 15 is 0 Å². The fourth-order valence-electron chi connectivity index (χ4n) is 2.07. The third-order valence-electron chi connectivity index (χ3n) is 3.34. The standard InChI is InChI=1S/C15H24FN/c1-4-12(3)9-14(11-17-5-2)13-7-6-8-15(16)10-13/h6-8,10,12,14,17H,4-5,9,11H2,1-3H3. The average molecular weight is 237 g/mol. The minimum absolute atomic E-state index is 0.131. The average Bonchev–Trinajstić information content (AvgIpc) is 2.34. The van der Waals surface area contributed by atoms with Crippen LogP contribution < -0.4 is 5.32 Å². The molecule has 1 aromatic rings. The summed E-state index contributed by atoms with van der Waals surface area (Å²) in [4.78, 5) is 0. The highest BCUT2D eigenvalue weighted by Gasteiger charge is 2.14. The quantitative estimate of drug-likeness (QED) is 0.757. The molecule has 2 atom stereocenters. The molecule has 0 fully saturated rings. The molecule has 17 heavy (non-hydrogen) atoms. The van der Waals surface area contributed by atoms with Crippen LogP contribution in [0.2, 0.25) is 0 Å². The van der Waals surface area contributed by atoms with Gasteiger partial charge in [0, 0.05) is 6.54 Å². The molecule has 0 aromatic heterocycles. The van der Waals surface area contributed by atoms with Crippen molar-refractivity contribution in [3.8, 4) is 0 Å². The Morgan fingerprint density at radius 2 is 2.06 bits per heavy atom. The second-order valence-corrected chi connectivity index (χ2v) is 4.81. The molecule has 0 spiro atoms. The highest BCUT2D eigenvalue weighted by molar-refractivity contribution is 5.21. The number of rotatable bonds is 7. The highest BCUT2D eigenvalue weighted by Crippen LogP contribution is 2.25. The monoisotopic (exact) mass is 237 g/mol. The van der Waals surface area contributed by atoms with E-state index in [2.05, 4.69) is 26.1 Å². The summed E-state index contributed by atoms with van der Waals surface area (Å²) in [6, 6.07) is 7.02. The zero-order valence-corrected chi connectivity index (χ0v) is 11.2. The van der Waals surface area contributed by atoms with Gasteiger partial charge in [-0.2, -0.15) is 0 Å². The van der Waals surface area contributed by atoms with Crippen molar-refractivity contribution in [2.45, 2.75) is 39.5 Å². The van der Waals surface area contributed by atoms with Gasteiger partial charge in [0.25, 0.3) is 0 Å². The summed E-state index contributed by atoms with van der Waals surface area (Å²) in [5.41, 5.74) is 1.12. The van der Waals surface area contributed by atoms with E-state index < -0.39 is 0 Å². The lowest BCUT2D eigenvalue weighted by atomic mass is 9.88. The van der Waals surface area contributed by atoms with Crippen LogP contribution in [0.25, 0.3) is 0 Å². The predicted molar refractivity (Wildman–Crippen MR) is 71.8 cm³/mol. The van der Waals surface area contributed by atoms with Crippen molar-refractivity contribution in [3.63, 3.8) is 0 Å². The molecule has 96 valence electrons.